The van der Waals surface area contributed by atoms with Crippen LogP contribution in [0.3, 0.4) is 0 Å². The van der Waals surface area contributed by atoms with Crippen LogP contribution in [0, 0.1) is 6.92 Å². The highest BCUT2D eigenvalue weighted by molar-refractivity contribution is 5.92. The van der Waals surface area contributed by atoms with Gasteiger partial charge in [-0.3, -0.25) is 19.7 Å². The second-order valence-corrected chi connectivity index (χ2v) is 8.15. The molecule has 1 aromatic carbocycles. The molecule has 0 bridgehead atoms. The SMILES string of the molecule is Cc1cc(N2CCN(CCn3nc(-c4cccnc4)ccc3=O)CC2)c2ccccc2n1. The van der Waals surface area contributed by atoms with Gasteiger partial charge in [-0.1, -0.05) is 18.2 Å². The lowest BCUT2D eigenvalue weighted by Crippen LogP contribution is -2.47. The minimum Gasteiger partial charge on any atom is -0.368 e. The molecule has 0 N–H and O–H groups in total. The summed E-state index contributed by atoms with van der Waals surface area (Å²) in [6, 6.07) is 17.7. The van der Waals surface area contributed by atoms with Crippen LogP contribution in [0.15, 0.2) is 71.8 Å². The summed E-state index contributed by atoms with van der Waals surface area (Å²) >= 11 is 0. The van der Waals surface area contributed by atoms with Crippen molar-refractivity contribution in [3.05, 3.63) is 83.0 Å². The van der Waals surface area contributed by atoms with Gasteiger partial charge in [0.2, 0.25) is 0 Å². The van der Waals surface area contributed by atoms with Crippen molar-refractivity contribution in [3.8, 4) is 11.3 Å². The molecule has 3 aromatic heterocycles. The zero-order valence-electron chi connectivity index (χ0n) is 18.2. The van der Waals surface area contributed by atoms with Gasteiger partial charge >= 0.3 is 0 Å². The number of benzene rings is 1. The van der Waals surface area contributed by atoms with Gasteiger partial charge in [-0.2, -0.15) is 5.10 Å². The van der Waals surface area contributed by atoms with Crippen LogP contribution in [0.5, 0.6) is 0 Å². The predicted octanol–water partition coefficient (Wildman–Crippen LogP) is 2.98. The first-order chi connectivity index (χ1) is 15.7. The first-order valence-electron chi connectivity index (χ1n) is 11.0. The molecule has 1 saturated heterocycles. The van der Waals surface area contributed by atoms with Gasteiger partial charge in [0.25, 0.3) is 5.56 Å². The molecule has 1 aliphatic heterocycles. The minimum absolute atomic E-state index is 0.0741. The molecule has 1 fully saturated rings. The Bertz CT molecular complexity index is 1280. The van der Waals surface area contributed by atoms with Crippen molar-refractivity contribution in [2.75, 3.05) is 37.6 Å². The summed E-state index contributed by atoms with van der Waals surface area (Å²) < 4.78 is 1.56. The number of anilines is 1. The van der Waals surface area contributed by atoms with Crippen LogP contribution < -0.4 is 10.5 Å². The molecule has 32 heavy (non-hydrogen) atoms. The summed E-state index contributed by atoms with van der Waals surface area (Å²) in [7, 11) is 0. The maximum Gasteiger partial charge on any atom is 0.266 e. The third kappa shape index (κ3) is 4.24. The lowest BCUT2D eigenvalue weighted by Gasteiger charge is -2.36. The molecule has 0 unspecified atom stereocenters. The van der Waals surface area contributed by atoms with Crippen LogP contribution >= 0.6 is 0 Å². The van der Waals surface area contributed by atoms with Gasteiger partial charge in [0.05, 0.1) is 17.8 Å². The number of piperazine rings is 1. The number of hydrogen-bond donors (Lipinski definition) is 0. The molecule has 162 valence electrons. The summed E-state index contributed by atoms with van der Waals surface area (Å²) in [4.78, 5) is 26.0. The van der Waals surface area contributed by atoms with Crippen molar-refractivity contribution in [2.24, 2.45) is 0 Å². The summed E-state index contributed by atoms with van der Waals surface area (Å²) in [5.74, 6) is 0. The number of fused-ring (bicyclic) bond motifs is 1. The maximum atomic E-state index is 12.3. The molecule has 0 amide bonds. The smallest absolute Gasteiger partial charge is 0.266 e. The summed E-state index contributed by atoms with van der Waals surface area (Å²) in [6.45, 7) is 7.23. The van der Waals surface area contributed by atoms with Gasteiger partial charge < -0.3 is 4.90 Å². The molecular weight excluding hydrogens is 400 g/mol. The normalized spacial score (nSPS) is 14.7. The zero-order chi connectivity index (χ0) is 21.9. The van der Waals surface area contributed by atoms with E-state index in [2.05, 4.69) is 56.1 Å². The summed E-state index contributed by atoms with van der Waals surface area (Å²) in [6.07, 6.45) is 3.50. The van der Waals surface area contributed by atoms with Crippen LogP contribution in [0.25, 0.3) is 22.2 Å². The van der Waals surface area contributed by atoms with Crippen LogP contribution in [0.4, 0.5) is 5.69 Å². The van der Waals surface area contributed by atoms with E-state index in [1.165, 1.54) is 11.1 Å². The molecule has 5 rings (SSSR count). The average Bonchev–Trinajstić information content (AvgIpc) is 2.84. The fraction of sp³-hybridized carbons (Fsp3) is 0.280. The fourth-order valence-corrected chi connectivity index (χ4v) is 4.27. The van der Waals surface area contributed by atoms with E-state index in [0.717, 1.165) is 55.2 Å². The van der Waals surface area contributed by atoms with Crippen molar-refractivity contribution in [1.29, 1.82) is 0 Å². The fourth-order valence-electron chi connectivity index (χ4n) is 4.27. The highest BCUT2D eigenvalue weighted by Gasteiger charge is 2.19. The van der Waals surface area contributed by atoms with Crippen molar-refractivity contribution in [2.45, 2.75) is 13.5 Å². The first-order valence-corrected chi connectivity index (χ1v) is 11.0. The van der Waals surface area contributed by atoms with Crippen LogP contribution in [-0.4, -0.2) is 57.4 Å². The van der Waals surface area contributed by atoms with E-state index in [4.69, 9.17) is 0 Å². The second-order valence-electron chi connectivity index (χ2n) is 8.15. The number of para-hydroxylation sites is 1. The number of nitrogens with zero attached hydrogens (tertiary/aromatic N) is 6. The highest BCUT2D eigenvalue weighted by atomic mass is 16.1. The van der Waals surface area contributed by atoms with Gasteiger partial charge in [0.15, 0.2) is 0 Å². The van der Waals surface area contributed by atoms with Gasteiger partial charge in [-0.15, -0.1) is 0 Å². The molecule has 7 nitrogen and oxygen atoms in total. The Hall–Kier alpha value is -3.58. The molecule has 4 heterocycles. The Morgan fingerprint density at radius 2 is 1.78 bits per heavy atom. The molecule has 0 saturated carbocycles. The Balaban J connectivity index is 1.24. The number of pyridine rings is 2. The Labute approximate surface area is 187 Å². The van der Waals surface area contributed by atoms with E-state index >= 15 is 0 Å². The molecule has 7 heteroatoms. The van der Waals surface area contributed by atoms with Crippen molar-refractivity contribution >= 4 is 16.6 Å². The summed E-state index contributed by atoms with van der Waals surface area (Å²) in [5.41, 5.74) is 4.95. The number of hydrogen-bond acceptors (Lipinski definition) is 6. The van der Waals surface area contributed by atoms with Crippen molar-refractivity contribution in [3.63, 3.8) is 0 Å². The standard InChI is InChI=1S/C25H26N6O/c1-19-17-24(21-6-2-3-7-23(21)27-19)30-14-11-29(12-15-30)13-16-31-25(32)9-8-22(28-31)20-5-4-10-26-18-20/h2-10,17-18H,11-16H2,1H3. The first kappa shape index (κ1) is 20.3. The van der Waals surface area contributed by atoms with Crippen LogP contribution in [-0.2, 0) is 6.54 Å². The van der Waals surface area contributed by atoms with Crippen molar-refractivity contribution < 1.29 is 0 Å². The van der Waals surface area contributed by atoms with E-state index in [0.29, 0.717) is 6.54 Å². The lowest BCUT2D eigenvalue weighted by atomic mass is 10.1. The molecule has 0 radical (unpaired) electrons. The Kier molecular flexibility index (Phi) is 5.64. The molecule has 1 aliphatic rings. The third-order valence-electron chi connectivity index (χ3n) is 5.99. The number of rotatable bonds is 5. The Morgan fingerprint density at radius 3 is 2.59 bits per heavy atom. The molecule has 0 aliphatic carbocycles. The van der Waals surface area contributed by atoms with Gasteiger partial charge in [-0.25, -0.2) is 4.68 Å². The average molecular weight is 427 g/mol. The van der Waals surface area contributed by atoms with Crippen LogP contribution in [0.2, 0.25) is 0 Å². The summed E-state index contributed by atoms with van der Waals surface area (Å²) in [5, 5.41) is 5.76. The topological polar surface area (TPSA) is 67.2 Å². The van der Waals surface area contributed by atoms with Gasteiger partial charge in [-0.05, 0) is 37.3 Å². The van der Waals surface area contributed by atoms with Crippen LogP contribution in [0.1, 0.15) is 5.69 Å². The lowest BCUT2D eigenvalue weighted by molar-refractivity contribution is 0.243. The monoisotopic (exact) mass is 426 g/mol. The van der Waals surface area contributed by atoms with Crippen molar-refractivity contribution in [1.82, 2.24) is 24.6 Å². The molecular formula is C25H26N6O. The van der Waals surface area contributed by atoms with E-state index in [1.54, 1.807) is 29.2 Å². The minimum atomic E-state index is -0.0741. The van der Waals surface area contributed by atoms with E-state index in [1.807, 2.05) is 18.2 Å². The second kappa shape index (κ2) is 8.88. The maximum absolute atomic E-state index is 12.3. The third-order valence-corrected chi connectivity index (χ3v) is 5.99. The Morgan fingerprint density at radius 1 is 0.938 bits per heavy atom. The molecule has 0 spiro atoms. The largest absolute Gasteiger partial charge is 0.368 e. The van der Waals surface area contributed by atoms with E-state index < -0.39 is 0 Å². The quantitative estimate of drug-likeness (QED) is 0.489. The number of aromatic nitrogens is 4. The zero-order valence-corrected chi connectivity index (χ0v) is 18.2. The predicted molar refractivity (Wildman–Crippen MR) is 127 cm³/mol. The number of aryl methyl sites for hydroxylation is 1. The molecule has 0 atom stereocenters. The van der Waals surface area contributed by atoms with Gasteiger partial charge in [0.1, 0.15) is 0 Å². The highest BCUT2D eigenvalue weighted by Crippen LogP contribution is 2.27. The van der Waals surface area contributed by atoms with E-state index in [9.17, 15) is 4.79 Å². The van der Waals surface area contributed by atoms with Gasteiger partial charge in [0, 0.05) is 73.5 Å². The van der Waals surface area contributed by atoms with E-state index in [-0.39, 0.29) is 5.56 Å². The molecule has 4 aromatic rings.